The summed E-state index contributed by atoms with van der Waals surface area (Å²) in [6, 6.07) is 21.0. The molecule has 4 nitrogen and oxygen atoms in total. The van der Waals surface area contributed by atoms with Crippen molar-refractivity contribution in [3.63, 3.8) is 0 Å². The molecule has 3 rings (SSSR count). The maximum Gasteiger partial charge on any atom is 0.251 e. The first-order chi connectivity index (χ1) is 13.0. The van der Waals surface area contributed by atoms with E-state index in [1.807, 2.05) is 74.5 Å². The lowest BCUT2D eigenvalue weighted by Gasteiger charge is -2.17. The molecule has 1 heterocycles. The van der Waals surface area contributed by atoms with Crippen molar-refractivity contribution in [1.82, 2.24) is 0 Å². The molecule has 0 aliphatic rings. The van der Waals surface area contributed by atoms with Gasteiger partial charge in [-0.25, -0.2) is 0 Å². The lowest BCUT2D eigenvalue weighted by atomic mass is 9.90. The SMILES string of the molecule is CC(C)c1cc(C(N)=O)c(NC(=O)C(c2ccccc2)c2ccccc2)s1. The van der Waals surface area contributed by atoms with E-state index in [2.05, 4.69) is 5.32 Å². The predicted molar refractivity (Wildman–Crippen MR) is 110 cm³/mol. The van der Waals surface area contributed by atoms with Gasteiger partial charge in [0.1, 0.15) is 5.00 Å². The van der Waals surface area contributed by atoms with Gasteiger partial charge in [-0.1, -0.05) is 74.5 Å². The maximum atomic E-state index is 13.2. The fourth-order valence-electron chi connectivity index (χ4n) is 2.94. The quantitative estimate of drug-likeness (QED) is 0.650. The average Bonchev–Trinajstić information content (AvgIpc) is 3.08. The monoisotopic (exact) mass is 378 g/mol. The zero-order chi connectivity index (χ0) is 19.4. The van der Waals surface area contributed by atoms with Crippen molar-refractivity contribution in [2.45, 2.75) is 25.7 Å². The number of thiophene rings is 1. The van der Waals surface area contributed by atoms with Crippen molar-refractivity contribution in [3.8, 4) is 0 Å². The highest BCUT2D eigenvalue weighted by Gasteiger charge is 2.25. The van der Waals surface area contributed by atoms with E-state index in [4.69, 9.17) is 5.73 Å². The molecule has 0 bridgehead atoms. The van der Waals surface area contributed by atoms with Crippen LogP contribution in [0, 0.1) is 0 Å². The van der Waals surface area contributed by atoms with Crippen molar-refractivity contribution in [3.05, 3.63) is 88.3 Å². The Morgan fingerprint density at radius 2 is 1.44 bits per heavy atom. The van der Waals surface area contributed by atoms with Gasteiger partial charge >= 0.3 is 0 Å². The summed E-state index contributed by atoms with van der Waals surface area (Å²) in [6.45, 7) is 4.08. The van der Waals surface area contributed by atoms with E-state index in [1.165, 1.54) is 11.3 Å². The van der Waals surface area contributed by atoms with Gasteiger partial charge in [-0.3, -0.25) is 9.59 Å². The zero-order valence-electron chi connectivity index (χ0n) is 15.3. The van der Waals surface area contributed by atoms with Crippen LogP contribution in [-0.2, 0) is 4.79 Å². The minimum absolute atomic E-state index is 0.188. The Bertz CT molecular complexity index is 894. The Morgan fingerprint density at radius 3 is 1.89 bits per heavy atom. The van der Waals surface area contributed by atoms with Gasteiger partial charge in [0.25, 0.3) is 5.91 Å². The van der Waals surface area contributed by atoms with E-state index >= 15 is 0 Å². The fraction of sp³-hybridized carbons (Fsp3) is 0.182. The van der Waals surface area contributed by atoms with Crippen LogP contribution in [0.1, 0.15) is 52.0 Å². The second-order valence-corrected chi connectivity index (χ2v) is 7.74. The van der Waals surface area contributed by atoms with Crippen LogP contribution in [-0.4, -0.2) is 11.8 Å². The number of hydrogen-bond donors (Lipinski definition) is 2. The molecule has 0 aliphatic carbocycles. The van der Waals surface area contributed by atoms with Gasteiger partial charge < -0.3 is 11.1 Å². The van der Waals surface area contributed by atoms with Gasteiger partial charge in [0, 0.05) is 4.88 Å². The summed E-state index contributed by atoms with van der Waals surface area (Å²) in [7, 11) is 0. The first kappa shape index (κ1) is 18.9. The van der Waals surface area contributed by atoms with Crippen molar-refractivity contribution < 1.29 is 9.59 Å². The highest BCUT2D eigenvalue weighted by atomic mass is 32.1. The van der Waals surface area contributed by atoms with Crippen molar-refractivity contribution >= 4 is 28.2 Å². The van der Waals surface area contributed by atoms with E-state index < -0.39 is 11.8 Å². The maximum absolute atomic E-state index is 13.2. The third kappa shape index (κ3) is 4.26. The van der Waals surface area contributed by atoms with Gasteiger partial charge in [-0.15, -0.1) is 11.3 Å². The first-order valence-corrected chi connectivity index (χ1v) is 9.63. The largest absolute Gasteiger partial charge is 0.366 e. The number of carbonyl (C=O) groups excluding carboxylic acids is 2. The van der Waals surface area contributed by atoms with Crippen LogP contribution in [0.15, 0.2) is 66.7 Å². The molecule has 0 unspecified atom stereocenters. The van der Waals surface area contributed by atoms with Gasteiger partial charge in [-0.2, -0.15) is 0 Å². The van der Waals surface area contributed by atoms with Gasteiger partial charge in [0.15, 0.2) is 0 Å². The smallest absolute Gasteiger partial charge is 0.251 e. The summed E-state index contributed by atoms with van der Waals surface area (Å²) in [6.07, 6.45) is 0. The summed E-state index contributed by atoms with van der Waals surface area (Å²) in [4.78, 5) is 26.0. The minimum atomic E-state index is -0.538. The Morgan fingerprint density at radius 1 is 0.926 bits per heavy atom. The van der Waals surface area contributed by atoms with Crippen LogP contribution >= 0.6 is 11.3 Å². The second kappa shape index (κ2) is 8.18. The van der Waals surface area contributed by atoms with E-state index in [1.54, 1.807) is 6.07 Å². The molecule has 0 radical (unpaired) electrons. The molecular formula is C22H22N2O2S. The number of carbonyl (C=O) groups is 2. The molecular weight excluding hydrogens is 356 g/mol. The summed E-state index contributed by atoms with van der Waals surface area (Å²) >= 11 is 1.40. The van der Waals surface area contributed by atoms with E-state index in [0.717, 1.165) is 16.0 Å². The van der Waals surface area contributed by atoms with Crippen LogP contribution in [0.25, 0.3) is 0 Å². The number of anilines is 1. The molecule has 1 aromatic heterocycles. The van der Waals surface area contributed by atoms with Crippen LogP contribution < -0.4 is 11.1 Å². The normalized spacial score (nSPS) is 11.0. The standard InChI is InChI=1S/C22H22N2O2S/c1-14(2)18-13-17(20(23)25)22(27-18)24-21(26)19(15-9-5-3-6-10-15)16-11-7-4-8-12-16/h3-14,19H,1-2H3,(H2,23,25)(H,24,26). The van der Waals surface area contributed by atoms with Gasteiger partial charge in [0.05, 0.1) is 11.5 Å². The summed E-state index contributed by atoms with van der Waals surface area (Å²) in [5, 5.41) is 3.45. The third-order valence-electron chi connectivity index (χ3n) is 4.35. The molecule has 138 valence electrons. The second-order valence-electron chi connectivity index (χ2n) is 6.65. The number of hydrogen-bond acceptors (Lipinski definition) is 3. The number of benzene rings is 2. The molecule has 3 N–H and O–H groups in total. The molecule has 0 atom stereocenters. The van der Waals surface area contributed by atoms with Crippen LogP contribution in [0.5, 0.6) is 0 Å². The van der Waals surface area contributed by atoms with Crippen LogP contribution in [0.2, 0.25) is 0 Å². The molecule has 3 aromatic rings. The topological polar surface area (TPSA) is 72.2 Å². The lowest BCUT2D eigenvalue weighted by Crippen LogP contribution is -2.23. The van der Waals surface area contributed by atoms with Crippen LogP contribution in [0.4, 0.5) is 5.00 Å². The molecule has 2 aromatic carbocycles. The number of amides is 2. The number of nitrogens with two attached hydrogens (primary N) is 1. The summed E-state index contributed by atoms with van der Waals surface area (Å²) in [5.41, 5.74) is 7.66. The highest BCUT2D eigenvalue weighted by molar-refractivity contribution is 7.16. The van der Waals surface area contributed by atoms with Gasteiger partial charge in [0.2, 0.25) is 5.91 Å². The Balaban J connectivity index is 1.98. The van der Waals surface area contributed by atoms with Crippen molar-refractivity contribution in [2.75, 3.05) is 5.32 Å². The molecule has 0 saturated heterocycles. The average molecular weight is 378 g/mol. The van der Waals surface area contributed by atoms with E-state index in [0.29, 0.717) is 10.6 Å². The Labute approximate surface area is 163 Å². The molecule has 0 aliphatic heterocycles. The number of rotatable bonds is 6. The summed E-state index contributed by atoms with van der Waals surface area (Å²) in [5.74, 6) is -0.952. The summed E-state index contributed by atoms with van der Waals surface area (Å²) < 4.78 is 0. The molecule has 0 spiro atoms. The molecule has 0 fully saturated rings. The van der Waals surface area contributed by atoms with Crippen molar-refractivity contribution in [1.29, 1.82) is 0 Å². The lowest BCUT2D eigenvalue weighted by molar-refractivity contribution is -0.116. The zero-order valence-corrected chi connectivity index (χ0v) is 16.1. The Hall–Kier alpha value is -2.92. The van der Waals surface area contributed by atoms with Crippen molar-refractivity contribution in [2.24, 2.45) is 5.73 Å². The molecule has 2 amide bonds. The molecule has 5 heteroatoms. The number of nitrogens with one attached hydrogen (secondary N) is 1. The molecule has 27 heavy (non-hydrogen) atoms. The predicted octanol–water partition coefficient (Wildman–Crippen LogP) is 4.74. The number of primary amides is 1. The van der Waals surface area contributed by atoms with Gasteiger partial charge in [-0.05, 0) is 23.1 Å². The third-order valence-corrected chi connectivity index (χ3v) is 5.70. The molecule has 0 saturated carbocycles. The fourth-order valence-corrected chi connectivity index (χ4v) is 4.01. The first-order valence-electron chi connectivity index (χ1n) is 8.81. The van der Waals surface area contributed by atoms with Crippen LogP contribution in [0.3, 0.4) is 0 Å². The van der Waals surface area contributed by atoms with E-state index in [9.17, 15) is 9.59 Å². The Kier molecular flexibility index (Phi) is 5.72. The van der Waals surface area contributed by atoms with E-state index in [-0.39, 0.29) is 11.8 Å². The highest BCUT2D eigenvalue weighted by Crippen LogP contribution is 2.34. The minimum Gasteiger partial charge on any atom is -0.366 e.